The third kappa shape index (κ3) is 3.17. The van der Waals surface area contributed by atoms with E-state index >= 15 is 0 Å². The van der Waals surface area contributed by atoms with Crippen LogP contribution in [0, 0.1) is 11.3 Å². The van der Waals surface area contributed by atoms with E-state index in [2.05, 4.69) is 21.2 Å². The summed E-state index contributed by atoms with van der Waals surface area (Å²) >= 11 is 6.30. The molecule has 1 N–H and O–H groups in total. The number of imidazole rings is 1. The molecule has 3 aromatic heterocycles. The number of hydrogen-bond acceptors (Lipinski definition) is 8. The average Bonchev–Trinajstić information content (AvgIpc) is 3.56. The van der Waals surface area contributed by atoms with Gasteiger partial charge >= 0.3 is 0 Å². The Morgan fingerprint density at radius 2 is 2.25 bits per heavy atom. The second-order valence-electron chi connectivity index (χ2n) is 7.80. The van der Waals surface area contributed by atoms with Crippen molar-refractivity contribution in [3.05, 3.63) is 45.3 Å². The fourth-order valence-electron chi connectivity index (χ4n) is 4.03. The number of aliphatic hydroxyl groups is 1. The van der Waals surface area contributed by atoms with Crippen LogP contribution in [-0.2, 0) is 11.3 Å². The van der Waals surface area contributed by atoms with Gasteiger partial charge in [0.25, 0.3) is 5.56 Å². The predicted molar refractivity (Wildman–Crippen MR) is 114 cm³/mol. The number of nitriles is 1. The molecule has 1 fully saturated rings. The molecule has 5 rings (SSSR count). The zero-order valence-corrected chi connectivity index (χ0v) is 17.9. The van der Waals surface area contributed by atoms with Crippen molar-refractivity contribution >= 4 is 28.2 Å². The standard InChI is InChI=1S/C21H19ClN6O4/c1-11(9-29)20-25-19(26-32-20)16-18-21(30)27(8-12-3-2-6-31-12)17-13(7-23)14(22)4-5-15(17)28(18)10-24-16/h4-5,10-12,29H,2-3,6,8-9H2,1H3. The molecule has 0 radical (unpaired) electrons. The summed E-state index contributed by atoms with van der Waals surface area (Å²) in [6, 6.07) is 5.50. The molecule has 1 saturated heterocycles. The molecule has 0 bridgehead atoms. The van der Waals surface area contributed by atoms with Crippen molar-refractivity contribution in [2.75, 3.05) is 13.2 Å². The molecule has 10 nitrogen and oxygen atoms in total. The molecule has 1 aromatic carbocycles. The molecule has 1 aliphatic heterocycles. The molecule has 4 heterocycles. The molecule has 0 spiro atoms. The van der Waals surface area contributed by atoms with Crippen molar-refractivity contribution in [1.82, 2.24) is 24.1 Å². The van der Waals surface area contributed by atoms with E-state index < -0.39 is 0 Å². The Balaban J connectivity index is 1.80. The fraction of sp³-hybridized carbons (Fsp3) is 0.381. The molecule has 0 amide bonds. The van der Waals surface area contributed by atoms with Crippen molar-refractivity contribution in [2.45, 2.75) is 38.3 Å². The maximum Gasteiger partial charge on any atom is 0.277 e. The van der Waals surface area contributed by atoms with Crippen LogP contribution in [0.25, 0.3) is 28.1 Å². The molecule has 4 aromatic rings. The largest absolute Gasteiger partial charge is 0.396 e. The highest BCUT2D eigenvalue weighted by atomic mass is 35.5. The van der Waals surface area contributed by atoms with Crippen molar-refractivity contribution in [1.29, 1.82) is 5.26 Å². The summed E-state index contributed by atoms with van der Waals surface area (Å²) < 4.78 is 14.1. The molecular formula is C21H19ClN6O4. The van der Waals surface area contributed by atoms with E-state index in [0.29, 0.717) is 17.6 Å². The maximum atomic E-state index is 13.7. The Bertz CT molecular complexity index is 1430. The van der Waals surface area contributed by atoms with E-state index in [9.17, 15) is 15.2 Å². The van der Waals surface area contributed by atoms with E-state index in [1.165, 1.54) is 10.9 Å². The van der Waals surface area contributed by atoms with Crippen LogP contribution in [0.1, 0.15) is 37.1 Å². The quantitative estimate of drug-likeness (QED) is 0.486. The third-order valence-corrected chi connectivity index (χ3v) is 6.04. The van der Waals surface area contributed by atoms with Crippen LogP contribution in [-0.4, -0.2) is 48.5 Å². The Kier molecular flexibility index (Phi) is 5.17. The average molecular weight is 455 g/mol. The maximum absolute atomic E-state index is 13.7. The minimum atomic E-state index is -0.360. The molecule has 1 aliphatic rings. The predicted octanol–water partition coefficient (Wildman–Crippen LogP) is 2.50. The Morgan fingerprint density at radius 1 is 1.41 bits per heavy atom. The van der Waals surface area contributed by atoms with Crippen LogP contribution >= 0.6 is 11.6 Å². The minimum absolute atomic E-state index is 0.141. The molecular weight excluding hydrogens is 436 g/mol. The van der Waals surface area contributed by atoms with Crippen LogP contribution in [0.5, 0.6) is 0 Å². The summed E-state index contributed by atoms with van der Waals surface area (Å²) in [4.78, 5) is 22.4. The Labute approximate surface area is 186 Å². The number of aromatic nitrogens is 5. The minimum Gasteiger partial charge on any atom is -0.396 e. The van der Waals surface area contributed by atoms with Crippen LogP contribution in [0.15, 0.2) is 27.8 Å². The Hall–Kier alpha value is -3.26. The highest BCUT2D eigenvalue weighted by molar-refractivity contribution is 6.32. The van der Waals surface area contributed by atoms with Crippen LogP contribution in [0.2, 0.25) is 5.02 Å². The summed E-state index contributed by atoms with van der Waals surface area (Å²) in [5, 5.41) is 23.3. The normalized spacial score (nSPS) is 17.2. The SMILES string of the molecule is CC(CO)c1nc(-c2ncn3c2c(=O)n(CC2CCCO2)c2c(C#N)c(Cl)ccc23)no1. The van der Waals surface area contributed by atoms with E-state index in [4.69, 9.17) is 20.9 Å². The fourth-order valence-corrected chi connectivity index (χ4v) is 4.23. The first-order chi connectivity index (χ1) is 15.5. The lowest BCUT2D eigenvalue weighted by Crippen LogP contribution is -2.29. The summed E-state index contributed by atoms with van der Waals surface area (Å²) in [5.41, 5.74) is 1.40. The lowest BCUT2D eigenvalue weighted by atomic mass is 10.1. The van der Waals surface area contributed by atoms with Gasteiger partial charge in [-0.3, -0.25) is 9.20 Å². The van der Waals surface area contributed by atoms with Gasteiger partial charge in [-0.15, -0.1) is 0 Å². The van der Waals surface area contributed by atoms with Gasteiger partial charge in [0.15, 0.2) is 0 Å². The van der Waals surface area contributed by atoms with E-state index in [-0.39, 0.29) is 64.2 Å². The highest BCUT2D eigenvalue weighted by Gasteiger charge is 2.26. The smallest absolute Gasteiger partial charge is 0.277 e. The number of nitrogens with zero attached hydrogens (tertiary/aromatic N) is 6. The van der Waals surface area contributed by atoms with Crippen molar-refractivity contribution in [2.24, 2.45) is 0 Å². The monoisotopic (exact) mass is 454 g/mol. The first-order valence-electron chi connectivity index (χ1n) is 10.2. The highest BCUT2D eigenvalue weighted by Crippen LogP contribution is 2.29. The number of fused-ring (bicyclic) bond motifs is 3. The van der Waals surface area contributed by atoms with Gasteiger partial charge in [-0.25, -0.2) is 4.98 Å². The van der Waals surface area contributed by atoms with Crippen molar-refractivity contribution in [3.8, 4) is 17.6 Å². The molecule has 164 valence electrons. The summed E-state index contributed by atoms with van der Waals surface area (Å²) in [5.74, 6) is 0.0579. The van der Waals surface area contributed by atoms with Gasteiger partial charge in [0.1, 0.15) is 23.6 Å². The number of benzene rings is 1. The van der Waals surface area contributed by atoms with E-state index in [1.807, 2.05) is 0 Å². The van der Waals surface area contributed by atoms with Gasteiger partial charge < -0.3 is 18.9 Å². The number of hydrogen-bond donors (Lipinski definition) is 1. The number of ether oxygens (including phenoxy) is 1. The van der Waals surface area contributed by atoms with Crippen molar-refractivity contribution < 1.29 is 14.4 Å². The van der Waals surface area contributed by atoms with Crippen LogP contribution in [0.4, 0.5) is 0 Å². The lowest BCUT2D eigenvalue weighted by Gasteiger charge is -2.17. The first-order valence-corrected chi connectivity index (χ1v) is 10.6. The topological polar surface area (TPSA) is 131 Å². The molecule has 0 aliphatic carbocycles. The summed E-state index contributed by atoms with van der Waals surface area (Å²) in [6.45, 7) is 2.52. The van der Waals surface area contributed by atoms with E-state index in [0.717, 1.165) is 12.8 Å². The number of halogens is 1. The molecule has 11 heteroatoms. The van der Waals surface area contributed by atoms with Gasteiger partial charge in [0.2, 0.25) is 11.7 Å². The summed E-state index contributed by atoms with van der Waals surface area (Å²) in [6.07, 6.45) is 3.09. The molecule has 0 saturated carbocycles. The molecule has 2 unspecified atom stereocenters. The first kappa shape index (κ1) is 20.6. The Morgan fingerprint density at radius 3 is 2.97 bits per heavy atom. The number of rotatable bonds is 5. The zero-order chi connectivity index (χ0) is 22.4. The van der Waals surface area contributed by atoms with Gasteiger partial charge in [0, 0.05) is 6.61 Å². The molecule has 2 atom stereocenters. The van der Waals surface area contributed by atoms with Crippen molar-refractivity contribution in [3.63, 3.8) is 0 Å². The second kappa shape index (κ2) is 8.02. The van der Waals surface area contributed by atoms with Crippen LogP contribution in [0.3, 0.4) is 0 Å². The van der Waals surface area contributed by atoms with E-state index in [1.54, 1.807) is 23.5 Å². The van der Waals surface area contributed by atoms with Gasteiger partial charge in [-0.05, 0) is 25.0 Å². The zero-order valence-electron chi connectivity index (χ0n) is 17.2. The van der Waals surface area contributed by atoms with Crippen LogP contribution < -0.4 is 5.56 Å². The number of aliphatic hydroxyl groups excluding tert-OH is 1. The second-order valence-corrected chi connectivity index (χ2v) is 8.21. The molecule has 32 heavy (non-hydrogen) atoms. The van der Waals surface area contributed by atoms with Gasteiger partial charge in [-0.1, -0.05) is 23.7 Å². The van der Waals surface area contributed by atoms with Gasteiger partial charge in [0.05, 0.1) is 46.8 Å². The summed E-state index contributed by atoms with van der Waals surface area (Å²) in [7, 11) is 0. The third-order valence-electron chi connectivity index (χ3n) is 5.72. The van der Waals surface area contributed by atoms with Gasteiger partial charge in [-0.2, -0.15) is 10.2 Å². The lowest BCUT2D eigenvalue weighted by molar-refractivity contribution is 0.0973.